The Labute approximate surface area is 198 Å². The van der Waals surface area contributed by atoms with Gasteiger partial charge in [0.2, 0.25) is 0 Å². The summed E-state index contributed by atoms with van der Waals surface area (Å²) in [4.78, 5) is 24.3. The number of rotatable bonds is 8. The second kappa shape index (κ2) is 11.3. The quantitative estimate of drug-likeness (QED) is 0.200. The number of benzene rings is 3. The summed E-state index contributed by atoms with van der Waals surface area (Å²) in [5.74, 6) is 0.0352. The number of carbonyl (C=O) groups excluding carboxylic acids is 2. The third kappa shape index (κ3) is 6.57. The van der Waals surface area contributed by atoms with Gasteiger partial charge in [0.15, 0.2) is 18.1 Å². The predicted octanol–water partition coefficient (Wildman–Crippen LogP) is 4.86. The van der Waals surface area contributed by atoms with Crippen LogP contribution >= 0.6 is 27.5 Å². The molecule has 0 saturated heterocycles. The molecule has 0 aliphatic carbocycles. The number of hydrazone groups is 1. The molecule has 1 N–H and O–H groups in total. The zero-order chi connectivity index (χ0) is 22.9. The molecule has 1 amide bonds. The first-order valence-electron chi connectivity index (χ1n) is 9.31. The number of nitrogens with one attached hydrogen (secondary N) is 1. The summed E-state index contributed by atoms with van der Waals surface area (Å²) >= 11 is 9.30. The highest BCUT2D eigenvalue weighted by molar-refractivity contribution is 9.10. The van der Waals surface area contributed by atoms with Gasteiger partial charge in [0, 0.05) is 4.47 Å². The molecule has 3 rings (SSSR count). The third-order valence-electron chi connectivity index (χ3n) is 4.05. The predicted molar refractivity (Wildman–Crippen MR) is 125 cm³/mol. The smallest absolute Gasteiger partial charge is 0.343 e. The lowest BCUT2D eigenvalue weighted by Crippen LogP contribution is -2.24. The Bertz CT molecular complexity index is 1150. The summed E-state index contributed by atoms with van der Waals surface area (Å²) in [7, 11) is 1.46. The maximum Gasteiger partial charge on any atom is 0.343 e. The molecular weight excluding hydrogens is 500 g/mol. The number of hydrogen-bond donors (Lipinski definition) is 1. The Kier molecular flexibility index (Phi) is 8.24. The fraction of sp³-hybridized carbons (Fsp3) is 0.0870. The molecule has 0 aliphatic rings. The van der Waals surface area contributed by atoms with Gasteiger partial charge >= 0.3 is 5.97 Å². The molecule has 3 aromatic carbocycles. The number of para-hydroxylation sites is 1. The van der Waals surface area contributed by atoms with Gasteiger partial charge in [-0.25, -0.2) is 10.2 Å². The monoisotopic (exact) mass is 516 g/mol. The number of nitrogens with zero attached hydrogens (tertiary/aromatic N) is 1. The van der Waals surface area contributed by atoms with Gasteiger partial charge in [-0.2, -0.15) is 5.10 Å². The Balaban J connectivity index is 1.58. The first kappa shape index (κ1) is 23.3. The van der Waals surface area contributed by atoms with E-state index in [0.29, 0.717) is 27.6 Å². The lowest BCUT2D eigenvalue weighted by molar-refractivity contribution is -0.123. The first-order chi connectivity index (χ1) is 15.5. The molecule has 0 aliphatic heterocycles. The molecule has 0 bridgehead atoms. The Hall–Kier alpha value is -3.36. The van der Waals surface area contributed by atoms with E-state index in [-0.39, 0.29) is 12.4 Å². The minimum atomic E-state index is -0.517. The van der Waals surface area contributed by atoms with Crippen molar-refractivity contribution in [1.82, 2.24) is 5.43 Å². The highest BCUT2D eigenvalue weighted by Crippen LogP contribution is 2.28. The van der Waals surface area contributed by atoms with E-state index in [2.05, 4.69) is 26.5 Å². The molecule has 32 heavy (non-hydrogen) atoms. The zero-order valence-electron chi connectivity index (χ0n) is 16.9. The fourth-order valence-electron chi connectivity index (χ4n) is 2.54. The zero-order valence-corrected chi connectivity index (χ0v) is 19.2. The lowest BCUT2D eigenvalue weighted by atomic mass is 10.2. The molecule has 0 atom stereocenters. The lowest BCUT2D eigenvalue weighted by Gasteiger charge is -2.10. The van der Waals surface area contributed by atoms with Gasteiger partial charge in [-0.15, -0.1) is 0 Å². The van der Waals surface area contributed by atoms with Gasteiger partial charge in [-0.3, -0.25) is 4.79 Å². The topological polar surface area (TPSA) is 86.2 Å². The highest BCUT2D eigenvalue weighted by atomic mass is 79.9. The molecule has 0 heterocycles. The summed E-state index contributed by atoms with van der Waals surface area (Å²) in [6.07, 6.45) is 1.43. The van der Waals surface area contributed by atoms with Crippen LogP contribution in [0.3, 0.4) is 0 Å². The van der Waals surface area contributed by atoms with Gasteiger partial charge in [-0.05, 0) is 54.1 Å². The average Bonchev–Trinajstić information content (AvgIpc) is 2.79. The minimum Gasteiger partial charge on any atom is -0.493 e. The van der Waals surface area contributed by atoms with E-state index in [0.717, 1.165) is 4.47 Å². The normalized spacial score (nSPS) is 10.6. The molecule has 9 heteroatoms. The average molecular weight is 518 g/mol. The molecule has 0 unspecified atom stereocenters. The van der Waals surface area contributed by atoms with Crippen LogP contribution in [0.15, 0.2) is 76.3 Å². The van der Waals surface area contributed by atoms with Crippen LogP contribution in [0.1, 0.15) is 15.9 Å². The maximum absolute atomic E-state index is 12.4. The van der Waals surface area contributed by atoms with E-state index >= 15 is 0 Å². The first-order valence-corrected chi connectivity index (χ1v) is 10.5. The van der Waals surface area contributed by atoms with Gasteiger partial charge < -0.3 is 14.2 Å². The fourth-order valence-corrected chi connectivity index (χ4v) is 3.13. The van der Waals surface area contributed by atoms with Crippen molar-refractivity contribution in [2.75, 3.05) is 13.7 Å². The Morgan fingerprint density at radius 1 is 1.03 bits per heavy atom. The number of ether oxygens (including phenoxy) is 3. The molecule has 0 spiro atoms. The third-order valence-corrected chi connectivity index (χ3v) is 4.85. The van der Waals surface area contributed by atoms with Crippen molar-refractivity contribution >= 4 is 45.6 Å². The van der Waals surface area contributed by atoms with E-state index in [4.69, 9.17) is 25.8 Å². The molecule has 164 valence electrons. The van der Waals surface area contributed by atoms with E-state index in [1.54, 1.807) is 60.7 Å². The van der Waals surface area contributed by atoms with Crippen LogP contribution in [0.25, 0.3) is 0 Å². The van der Waals surface area contributed by atoms with E-state index in [1.165, 1.54) is 13.3 Å². The van der Waals surface area contributed by atoms with E-state index in [1.807, 2.05) is 6.07 Å². The summed E-state index contributed by atoms with van der Waals surface area (Å²) in [6.45, 7) is -0.241. The van der Waals surface area contributed by atoms with Crippen molar-refractivity contribution in [3.8, 4) is 17.2 Å². The summed E-state index contributed by atoms with van der Waals surface area (Å²) < 4.78 is 16.9. The molecule has 0 radical (unpaired) electrons. The number of halogens is 2. The number of methoxy groups -OCH3 is 1. The molecule has 0 saturated carbocycles. The second-order valence-electron chi connectivity index (χ2n) is 6.32. The number of esters is 1. The largest absolute Gasteiger partial charge is 0.493 e. The van der Waals surface area contributed by atoms with Crippen molar-refractivity contribution in [3.63, 3.8) is 0 Å². The Morgan fingerprint density at radius 2 is 1.84 bits per heavy atom. The van der Waals surface area contributed by atoms with Gasteiger partial charge in [0.1, 0.15) is 5.75 Å². The van der Waals surface area contributed by atoms with Crippen LogP contribution in [0, 0.1) is 0 Å². The standard InChI is InChI=1S/C23H18BrClN2O5/c1-30-21-11-15(9-10-20(21)32-23(29)16-5-4-6-17(24)12-16)13-26-27-22(28)14-31-19-8-3-2-7-18(19)25/h2-13H,14H2,1H3,(H,27,28)/b26-13+. The van der Waals surface area contributed by atoms with Crippen LogP contribution in [0.2, 0.25) is 5.02 Å². The minimum absolute atomic E-state index is 0.241. The van der Waals surface area contributed by atoms with Crippen LogP contribution < -0.4 is 19.6 Å². The molecule has 0 aromatic heterocycles. The molecule has 7 nitrogen and oxygen atoms in total. The molecule has 0 fully saturated rings. The van der Waals surface area contributed by atoms with E-state index < -0.39 is 11.9 Å². The summed E-state index contributed by atoms with van der Waals surface area (Å²) in [5.41, 5.74) is 3.38. The van der Waals surface area contributed by atoms with Crippen molar-refractivity contribution < 1.29 is 23.8 Å². The van der Waals surface area contributed by atoms with Crippen molar-refractivity contribution in [1.29, 1.82) is 0 Å². The van der Waals surface area contributed by atoms with Crippen molar-refractivity contribution in [2.24, 2.45) is 5.10 Å². The molecular formula is C23H18BrClN2O5. The van der Waals surface area contributed by atoms with Crippen molar-refractivity contribution in [2.45, 2.75) is 0 Å². The number of hydrogen-bond acceptors (Lipinski definition) is 6. The summed E-state index contributed by atoms with van der Waals surface area (Å²) in [6, 6.07) is 18.6. The van der Waals surface area contributed by atoms with Crippen LogP contribution in [0.5, 0.6) is 17.2 Å². The summed E-state index contributed by atoms with van der Waals surface area (Å²) in [5, 5.41) is 4.31. The van der Waals surface area contributed by atoms with Crippen LogP contribution in [-0.4, -0.2) is 31.8 Å². The van der Waals surface area contributed by atoms with Gasteiger partial charge in [-0.1, -0.05) is 45.7 Å². The van der Waals surface area contributed by atoms with Gasteiger partial charge in [0.25, 0.3) is 5.91 Å². The second-order valence-corrected chi connectivity index (χ2v) is 7.65. The highest BCUT2D eigenvalue weighted by Gasteiger charge is 2.13. The van der Waals surface area contributed by atoms with Crippen LogP contribution in [0.4, 0.5) is 0 Å². The maximum atomic E-state index is 12.4. The molecule has 3 aromatic rings. The SMILES string of the molecule is COc1cc(/C=N/NC(=O)COc2ccccc2Cl)ccc1OC(=O)c1cccc(Br)c1. The van der Waals surface area contributed by atoms with E-state index in [9.17, 15) is 9.59 Å². The number of amides is 1. The van der Waals surface area contributed by atoms with Gasteiger partial charge in [0.05, 0.1) is 23.9 Å². The van der Waals surface area contributed by atoms with Crippen LogP contribution in [-0.2, 0) is 4.79 Å². The number of carbonyl (C=O) groups is 2. The Morgan fingerprint density at radius 3 is 2.59 bits per heavy atom. The van der Waals surface area contributed by atoms with Crippen molar-refractivity contribution in [3.05, 3.63) is 87.4 Å².